The van der Waals surface area contributed by atoms with Crippen LogP contribution in [0.2, 0.25) is 0 Å². The molecule has 0 aliphatic carbocycles. The molecule has 84 valence electrons. The summed E-state index contributed by atoms with van der Waals surface area (Å²) >= 11 is 3.45. The third-order valence-electron chi connectivity index (χ3n) is 2.23. The lowest BCUT2D eigenvalue weighted by molar-refractivity contribution is -0.139. The Morgan fingerprint density at radius 3 is 2.81 bits per heavy atom. The normalized spacial score (nSPS) is 9.56. The lowest BCUT2D eigenvalue weighted by Crippen LogP contribution is -2.05. The molecule has 0 aliphatic rings. The average Bonchev–Trinajstić information content (AvgIpc) is 2.30. The fraction of sp³-hybridized carbons (Fsp3) is 0.333. The second-order valence-corrected chi connectivity index (χ2v) is 4.09. The van der Waals surface area contributed by atoms with Crippen molar-refractivity contribution in [1.29, 1.82) is 5.26 Å². The number of aryl methyl sites for hydroxylation is 1. The number of benzene rings is 1. The van der Waals surface area contributed by atoms with Gasteiger partial charge in [-0.1, -0.05) is 34.1 Å². The molecule has 0 saturated carbocycles. The maximum atomic E-state index is 11.2. The van der Waals surface area contributed by atoms with Crippen LogP contribution in [0.25, 0.3) is 0 Å². The molecular formula is C12H12BrNO2. The third-order valence-corrected chi connectivity index (χ3v) is 3.25. The highest BCUT2D eigenvalue weighted by molar-refractivity contribution is 9.10. The van der Waals surface area contributed by atoms with Gasteiger partial charge in [-0.2, -0.15) is 5.26 Å². The van der Waals surface area contributed by atoms with Crippen LogP contribution in [-0.2, 0) is 22.4 Å². The van der Waals surface area contributed by atoms with E-state index in [1.54, 1.807) is 0 Å². The van der Waals surface area contributed by atoms with Gasteiger partial charge in [-0.25, -0.2) is 0 Å². The molecule has 0 radical (unpaired) electrons. The van der Waals surface area contributed by atoms with E-state index >= 15 is 0 Å². The Morgan fingerprint density at radius 2 is 2.19 bits per heavy atom. The number of nitrogens with zero attached hydrogens (tertiary/aromatic N) is 1. The molecule has 1 rings (SSSR count). The van der Waals surface area contributed by atoms with Crippen LogP contribution in [0, 0.1) is 11.3 Å². The molecule has 1 aromatic carbocycles. The molecule has 4 heteroatoms. The van der Waals surface area contributed by atoms with Crippen molar-refractivity contribution in [1.82, 2.24) is 0 Å². The number of hydrogen-bond donors (Lipinski definition) is 0. The minimum atomic E-state index is -0.266. The maximum absolute atomic E-state index is 11.2. The summed E-state index contributed by atoms with van der Waals surface area (Å²) in [7, 11) is 1.37. The van der Waals surface area contributed by atoms with Crippen molar-refractivity contribution in [2.75, 3.05) is 7.11 Å². The largest absolute Gasteiger partial charge is 0.469 e. The lowest BCUT2D eigenvalue weighted by Gasteiger charge is -2.07. The molecule has 0 atom stereocenters. The standard InChI is InChI=1S/C12H12BrNO2/c1-16-11(15)8-10-5-2-4-9(12(10)13)6-3-7-14/h2,4-5H,3,6,8H2,1H3. The minimum Gasteiger partial charge on any atom is -0.469 e. The topological polar surface area (TPSA) is 50.1 Å². The van der Waals surface area contributed by atoms with Crippen molar-refractivity contribution in [3.8, 4) is 6.07 Å². The second kappa shape index (κ2) is 6.29. The van der Waals surface area contributed by atoms with Crippen molar-refractivity contribution in [3.05, 3.63) is 33.8 Å². The zero-order valence-electron chi connectivity index (χ0n) is 9.00. The van der Waals surface area contributed by atoms with Gasteiger partial charge in [0.05, 0.1) is 19.6 Å². The van der Waals surface area contributed by atoms with Gasteiger partial charge in [-0.05, 0) is 17.5 Å². The van der Waals surface area contributed by atoms with E-state index in [-0.39, 0.29) is 12.4 Å². The summed E-state index contributed by atoms with van der Waals surface area (Å²) in [6.45, 7) is 0. The summed E-state index contributed by atoms with van der Waals surface area (Å²) in [6.07, 6.45) is 1.41. The number of rotatable bonds is 4. The Balaban J connectivity index is 2.86. The Morgan fingerprint density at radius 1 is 1.50 bits per heavy atom. The number of nitriles is 1. The first-order valence-electron chi connectivity index (χ1n) is 4.89. The molecular weight excluding hydrogens is 270 g/mol. The molecule has 0 N–H and O–H groups in total. The number of ether oxygens (including phenoxy) is 1. The van der Waals surface area contributed by atoms with E-state index < -0.39 is 0 Å². The minimum absolute atomic E-state index is 0.247. The summed E-state index contributed by atoms with van der Waals surface area (Å²) < 4.78 is 5.52. The van der Waals surface area contributed by atoms with Gasteiger partial charge in [0.2, 0.25) is 0 Å². The van der Waals surface area contributed by atoms with Gasteiger partial charge in [0.15, 0.2) is 0 Å². The zero-order valence-corrected chi connectivity index (χ0v) is 10.6. The molecule has 1 aromatic rings. The van der Waals surface area contributed by atoms with Gasteiger partial charge in [0.1, 0.15) is 0 Å². The van der Waals surface area contributed by atoms with Gasteiger partial charge in [0, 0.05) is 10.9 Å². The number of halogens is 1. The van der Waals surface area contributed by atoms with Gasteiger partial charge >= 0.3 is 5.97 Å². The molecule has 0 aliphatic heterocycles. The number of carbonyl (C=O) groups is 1. The van der Waals surface area contributed by atoms with Crippen molar-refractivity contribution in [3.63, 3.8) is 0 Å². The smallest absolute Gasteiger partial charge is 0.310 e. The highest BCUT2D eigenvalue weighted by Crippen LogP contribution is 2.23. The zero-order chi connectivity index (χ0) is 12.0. The van der Waals surface area contributed by atoms with E-state index in [1.165, 1.54) is 7.11 Å². The molecule has 0 bridgehead atoms. The van der Waals surface area contributed by atoms with E-state index in [0.29, 0.717) is 12.8 Å². The Hall–Kier alpha value is -1.34. The lowest BCUT2D eigenvalue weighted by atomic mass is 10.0. The predicted molar refractivity (Wildman–Crippen MR) is 63.8 cm³/mol. The Bertz CT molecular complexity index is 424. The third kappa shape index (κ3) is 3.35. The SMILES string of the molecule is COC(=O)Cc1cccc(CCC#N)c1Br. The molecule has 0 amide bonds. The number of carbonyl (C=O) groups excluding carboxylic acids is 1. The van der Waals surface area contributed by atoms with Gasteiger partial charge in [0.25, 0.3) is 0 Å². The summed E-state index contributed by atoms with van der Waals surface area (Å²) in [6, 6.07) is 7.81. The van der Waals surface area contributed by atoms with Crippen LogP contribution >= 0.6 is 15.9 Å². The molecule has 0 spiro atoms. The van der Waals surface area contributed by atoms with Crippen LogP contribution in [-0.4, -0.2) is 13.1 Å². The van der Waals surface area contributed by atoms with E-state index in [4.69, 9.17) is 5.26 Å². The summed E-state index contributed by atoms with van der Waals surface area (Å²) in [4.78, 5) is 11.2. The Labute approximate surface area is 103 Å². The summed E-state index contributed by atoms with van der Waals surface area (Å²) in [5.74, 6) is -0.266. The van der Waals surface area contributed by atoms with Crippen LogP contribution in [0.4, 0.5) is 0 Å². The molecule has 0 aromatic heterocycles. The first-order valence-corrected chi connectivity index (χ1v) is 5.68. The first kappa shape index (κ1) is 12.7. The molecule has 0 heterocycles. The number of hydrogen-bond acceptors (Lipinski definition) is 3. The van der Waals surface area contributed by atoms with Crippen molar-refractivity contribution >= 4 is 21.9 Å². The monoisotopic (exact) mass is 281 g/mol. The van der Waals surface area contributed by atoms with Crippen LogP contribution in [0.15, 0.2) is 22.7 Å². The van der Waals surface area contributed by atoms with Crippen LogP contribution in [0.1, 0.15) is 17.5 Å². The molecule has 0 unspecified atom stereocenters. The first-order chi connectivity index (χ1) is 7.69. The van der Waals surface area contributed by atoms with Crippen LogP contribution in [0.5, 0.6) is 0 Å². The maximum Gasteiger partial charge on any atom is 0.310 e. The number of methoxy groups -OCH3 is 1. The van der Waals surface area contributed by atoms with Crippen molar-refractivity contribution < 1.29 is 9.53 Å². The van der Waals surface area contributed by atoms with E-state index in [9.17, 15) is 4.79 Å². The highest BCUT2D eigenvalue weighted by atomic mass is 79.9. The van der Waals surface area contributed by atoms with E-state index in [1.807, 2.05) is 18.2 Å². The molecule has 0 saturated heterocycles. The van der Waals surface area contributed by atoms with Gasteiger partial charge < -0.3 is 4.74 Å². The average molecular weight is 282 g/mol. The molecule has 3 nitrogen and oxygen atoms in total. The fourth-order valence-electron chi connectivity index (χ4n) is 1.38. The predicted octanol–water partition coefficient (Wildman–Crippen LogP) is 2.62. The molecule has 0 fully saturated rings. The molecule has 16 heavy (non-hydrogen) atoms. The van der Waals surface area contributed by atoms with Crippen molar-refractivity contribution in [2.24, 2.45) is 0 Å². The second-order valence-electron chi connectivity index (χ2n) is 3.30. The van der Waals surface area contributed by atoms with E-state index in [0.717, 1.165) is 15.6 Å². The quantitative estimate of drug-likeness (QED) is 0.798. The number of esters is 1. The van der Waals surface area contributed by atoms with Crippen LogP contribution in [0.3, 0.4) is 0 Å². The van der Waals surface area contributed by atoms with Crippen LogP contribution < -0.4 is 0 Å². The summed E-state index contributed by atoms with van der Waals surface area (Å²) in [5, 5.41) is 8.53. The summed E-state index contributed by atoms with van der Waals surface area (Å²) in [5.41, 5.74) is 1.94. The Kier molecular flexibility index (Phi) is 5.00. The fourth-order valence-corrected chi connectivity index (χ4v) is 1.98. The van der Waals surface area contributed by atoms with Crippen molar-refractivity contribution in [2.45, 2.75) is 19.3 Å². The van der Waals surface area contributed by atoms with E-state index in [2.05, 4.69) is 26.7 Å². The highest BCUT2D eigenvalue weighted by Gasteiger charge is 2.09. The van der Waals surface area contributed by atoms with Gasteiger partial charge in [-0.3, -0.25) is 4.79 Å². The van der Waals surface area contributed by atoms with Gasteiger partial charge in [-0.15, -0.1) is 0 Å².